The number of nitrogens with one attached hydrogen (secondary N) is 2. The summed E-state index contributed by atoms with van der Waals surface area (Å²) in [6, 6.07) is 0. The van der Waals surface area contributed by atoms with Gasteiger partial charge in [-0.1, -0.05) is 6.42 Å². The van der Waals surface area contributed by atoms with E-state index in [1.54, 1.807) is 0 Å². The highest BCUT2D eigenvalue weighted by molar-refractivity contribution is 6.06. The van der Waals surface area contributed by atoms with Gasteiger partial charge < -0.3 is 30.2 Å². The lowest BCUT2D eigenvalue weighted by Gasteiger charge is -2.52. The van der Waals surface area contributed by atoms with Crippen molar-refractivity contribution in [3.05, 3.63) is 38.7 Å². The third-order valence-corrected chi connectivity index (χ3v) is 8.59. The zero-order valence-corrected chi connectivity index (χ0v) is 19.0. The van der Waals surface area contributed by atoms with Crippen LogP contribution in [0.1, 0.15) is 73.2 Å². The van der Waals surface area contributed by atoms with Gasteiger partial charge in [-0.2, -0.15) is 0 Å². The van der Waals surface area contributed by atoms with Crippen LogP contribution in [0.2, 0.25) is 0 Å². The summed E-state index contributed by atoms with van der Waals surface area (Å²) >= 11 is 0. The van der Waals surface area contributed by atoms with Gasteiger partial charge in [0.05, 0.1) is 41.9 Å². The monoisotopic (exact) mass is 456 g/mol. The number of nitrogens with two attached hydrogens (primary N) is 1. The third-order valence-electron chi connectivity index (χ3n) is 8.59. The first-order chi connectivity index (χ1) is 16.0. The maximum Gasteiger partial charge on any atom is 0.256 e. The van der Waals surface area contributed by atoms with Crippen molar-refractivity contribution in [1.29, 1.82) is 0 Å². The second-order valence-electron chi connectivity index (χ2n) is 10.2. The molecule has 0 unspecified atom stereocenters. The van der Waals surface area contributed by atoms with Gasteiger partial charge in [0.15, 0.2) is 11.6 Å². The minimum Gasteiger partial charge on any atom is -0.401 e. The molecule has 2 atom stereocenters. The van der Waals surface area contributed by atoms with Crippen LogP contribution < -0.4 is 16.6 Å². The molecule has 0 amide bonds. The van der Waals surface area contributed by atoms with E-state index in [0.29, 0.717) is 68.5 Å². The molecule has 0 aromatic carbocycles. The molecule has 6 rings (SSSR count). The van der Waals surface area contributed by atoms with Crippen LogP contribution in [0.5, 0.6) is 0 Å². The van der Waals surface area contributed by atoms with Crippen molar-refractivity contribution < 1.29 is 19.0 Å². The quantitative estimate of drug-likeness (QED) is 0.570. The number of carbonyl (C=O) groups is 1. The number of hydrogen-bond donors (Lipinski definition) is 3. The van der Waals surface area contributed by atoms with Crippen LogP contribution in [0.4, 0.5) is 0 Å². The molecule has 0 bridgehead atoms. The minimum absolute atomic E-state index is 0.0834. The van der Waals surface area contributed by atoms with Crippen molar-refractivity contribution in [1.82, 2.24) is 15.3 Å². The Morgan fingerprint density at radius 2 is 1.82 bits per heavy atom. The molecule has 3 fully saturated rings. The molecule has 3 spiro atoms. The summed E-state index contributed by atoms with van der Waals surface area (Å²) in [4.78, 5) is 34.3. The van der Waals surface area contributed by atoms with Crippen LogP contribution in [-0.4, -0.2) is 54.5 Å². The zero-order valence-electron chi connectivity index (χ0n) is 19.0. The number of rotatable bonds is 2. The molecule has 33 heavy (non-hydrogen) atoms. The summed E-state index contributed by atoms with van der Waals surface area (Å²) in [5, 5.41) is 3.32. The van der Waals surface area contributed by atoms with Gasteiger partial charge in [0, 0.05) is 37.4 Å². The molecule has 1 aromatic rings. The van der Waals surface area contributed by atoms with E-state index < -0.39 is 11.2 Å². The molecule has 4 heterocycles. The normalized spacial score (nSPS) is 33.2. The topological polar surface area (TPSA) is 129 Å². The number of carbonyl (C=O) groups excluding carboxylic acids is 1. The fraction of sp³-hybridized carbons (Fsp3) is 0.708. The average molecular weight is 457 g/mol. The fourth-order valence-corrected chi connectivity index (χ4v) is 6.90. The Hall–Kier alpha value is -2.07. The van der Waals surface area contributed by atoms with Gasteiger partial charge in [-0.15, -0.1) is 0 Å². The van der Waals surface area contributed by atoms with E-state index in [9.17, 15) is 9.59 Å². The second kappa shape index (κ2) is 7.73. The number of fused-ring (bicyclic) bond motifs is 3. The second-order valence-corrected chi connectivity index (χ2v) is 10.2. The van der Waals surface area contributed by atoms with Gasteiger partial charge in [0.25, 0.3) is 5.56 Å². The Bertz CT molecular complexity index is 1070. The van der Waals surface area contributed by atoms with Crippen LogP contribution in [0.15, 0.2) is 16.1 Å². The molecule has 178 valence electrons. The van der Waals surface area contributed by atoms with Crippen molar-refractivity contribution in [3.8, 4) is 0 Å². The van der Waals surface area contributed by atoms with Crippen LogP contribution in [0.25, 0.3) is 0 Å². The van der Waals surface area contributed by atoms with Gasteiger partial charge >= 0.3 is 0 Å². The van der Waals surface area contributed by atoms with Crippen molar-refractivity contribution in [3.63, 3.8) is 0 Å². The molecule has 2 aliphatic carbocycles. The largest absolute Gasteiger partial charge is 0.401 e. The van der Waals surface area contributed by atoms with Crippen molar-refractivity contribution in [2.24, 2.45) is 11.1 Å². The van der Waals surface area contributed by atoms with Crippen LogP contribution in [0.3, 0.4) is 0 Å². The number of ether oxygens (including phenoxy) is 3. The van der Waals surface area contributed by atoms with Crippen LogP contribution in [0, 0.1) is 5.41 Å². The molecular weight excluding hydrogens is 424 g/mol. The molecule has 1 aromatic heterocycles. The lowest BCUT2D eigenvalue weighted by atomic mass is 9.61. The summed E-state index contributed by atoms with van der Waals surface area (Å²) in [7, 11) is 0. The molecule has 2 saturated heterocycles. The first kappa shape index (κ1) is 21.5. The molecule has 4 N–H and O–H groups in total. The SMILES string of the molecule is NC1=C(C(=O)c2nc3c(c(=O)[nH]2)CNC[C@@]32CCOC2)CCC[C@@]12CCCCC21OCCO1. The highest BCUT2D eigenvalue weighted by Crippen LogP contribution is 2.57. The Labute approximate surface area is 192 Å². The van der Waals surface area contributed by atoms with Crippen molar-refractivity contribution in [2.75, 3.05) is 33.0 Å². The first-order valence-electron chi connectivity index (χ1n) is 12.2. The van der Waals surface area contributed by atoms with E-state index >= 15 is 0 Å². The van der Waals surface area contributed by atoms with Gasteiger partial charge in [-0.3, -0.25) is 9.59 Å². The van der Waals surface area contributed by atoms with E-state index in [0.717, 1.165) is 44.9 Å². The molecule has 9 heteroatoms. The minimum atomic E-state index is -0.741. The highest BCUT2D eigenvalue weighted by atomic mass is 16.7. The van der Waals surface area contributed by atoms with Crippen LogP contribution in [-0.2, 0) is 26.2 Å². The predicted octanol–water partition coefficient (Wildman–Crippen LogP) is 1.41. The van der Waals surface area contributed by atoms with Gasteiger partial charge in [0.1, 0.15) is 0 Å². The number of aromatic amines is 1. The number of aromatic nitrogens is 2. The summed E-state index contributed by atoms with van der Waals surface area (Å²) in [5.74, 6) is -0.938. The van der Waals surface area contributed by atoms with Gasteiger partial charge in [-0.05, 0) is 38.5 Å². The summed E-state index contributed by atoms with van der Waals surface area (Å²) < 4.78 is 18.1. The number of allylic oxidation sites excluding steroid dienone is 1. The number of hydrogen-bond acceptors (Lipinski definition) is 8. The Morgan fingerprint density at radius 3 is 2.61 bits per heavy atom. The van der Waals surface area contributed by atoms with Gasteiger partial charge in [-0.25, -0.2) is 4.98 Å². The predicted molar refractivity (Wildman–Crippen MR) is 119 cm³/mol. The average Bonchev–Trinajstić information content (AvgIpc) is 3.49. The number of nitrogens with zero attached hydrogens (tertiary/aromatic N) is 1. The Kier molecular flexibility index (Phi) is 5.03. The smallest absolute Gasteiger partial charge is 0.256 e. The molecule has 3 aliphatic heterocycles. The lowest BCUT2D eigenvalue weighted by Crippen LogP contribution is -2.56. The van der Waals surface area contributed by atoms with Crippen LogP contribution >= 0.6 is 0 Å². The van der Waals surface area contributed by atoms with E-state index in [2.05, 4.69) is 10.3 Å². The molecular formula is C24H32N4O5. The fourth-order valence-electron chi connectivity index (χ4n) is 6.90. The number of Topliss-reactive ketones (excluding diaryl/α,β-unsaturated/α-hetero) is 1. The van der Waals surface area contributed by atoms with E-state index in [1.807, 2.05) is 0 Å². The molecule has 5 aliphatic rings. The van der Waals surface area contributed by atoms with Gasteiger partial charge in [0.2, 0.25) is 5.78 Å². The Morgan fingerprint density at radius 1 is 1.03 bits per heavy atom. The van der Waals surface area contributed by atoms with E-state index in [1.165, 1.54) is 0 Å². The summed E-state index contributed by atoms with van der Waals surface area (Å²) in [6.45, 7) is 3.37. The maximum atomic E-state index is 13.8. The number of H-pyrrole nitrogens is 1. The first-order valence-corrected chi connectivity index (χ1v) is 12.2. The van der Waals surface area contributed by atoms with Crippen molar-refractivity contribution in [2.45, 2.75) is 69.1 Å². The summed E-state index contributed by atoms with van der Waals surface area (Å²) in [5.41, 5.74) is 8.13. The zero-order chi connectivity index (χ0) is 22.7. The molecule has 0 radical (unpaired) electrons. The lowest BCUT2D eigenvalue weighted by molar-refractivity contribution is -0.248. The van der Waals surface area contributed by atoms with E-state index in [-0.39, 0.29) is 22.6 Å². The van der Waals surface area contributed by atoms with E-state index in [4.69, 9.17) is 24.9 Å². The summed E-state index contributed by atoms with van der Waals surface area (Å²) in [6.07, 6.45) is 6.70. The Balaban J connectivity index is 1.43. The third kappa shape index (κ3) is 3.02. The standard InChI is InChI=1S/C24H32N4O5/c25-18-15(4-3-6-23(18)5-1-2-7-24(23)32-10-11-33-24)17(29)20-27-19-16(21(30)28-20)12-26-13-22(19)8-9-31-14-22/h26H,1-14,25H2,(H,27,28,30)/t22-,23+/m1/s1. The van der Waals surface area contributed by atoms with Crippen molar-refractivity contribution >= 4 is 5.78 Å². The molecule has 1 saturated carbocycles. The molecule has 9 nitrogen and oxygen atoms in total. The number of ketones is 1. The maximum absolute atomic E-state index is 13.8. The highest BCUT2D eigenvalue weighted by Gasteiger charge is 2.60.